The monoisotopic (exact) mass is 445 g/mol. The molecule has 0 saturated heterocycles. The van der Waals surface area contributed by atoms with Gasteiger partial charge in [-0.05, 0) is 73.0 Å². The van der Waals surface area contributed by atoms with Gasteiger partial charge in [-0.2, -0.15) is 5.10 Å². The number of aryl methyl sites for hydroxylation is 1. The summed E-state index contributed by atoms with van der Waals surface area (Å²) in [6.07, 6.45) is 2.27. The molecule has 3 nitrogen and oxygen atoms in total. The Morgan fingerprint density at radius 2 is 1.45 bits per heavy atom. The molecule has 2 heterocycles. The van der Waals surface area contributed by atoms with Crippen molar-refractivity contribution in [3.8, 4) is 5.69 Å². The number of nitrogens with zero attached hydrogens (tertiary/aromatic N) is 2. The Morgan fingerprint density at radius 1 is 0.839 bits per heavy atom. The number of halogens is 2. The van der Waals surface area contributed by atoms with E-state index in [9.17, 15) is 0 Å². The van der Waals surface area contributed by atoms with Crippen molar-refractivity contribution in [2.75, 3.05) is 5.32 Å². The van der Waals surface area contributed by atoms with Gasteiger partial charge in [0.2, 0.25) is 0 Å². The molecular weight excluding hydrogens is 425 g/mol. The van der Waals surface area contributed by atoms with E-state index in [2.05, 4.69) is 61.6 Å². The van der Waals surface area contributed by atoms with Gasteiger partial charge in [0.05, 0.1) is 16.9 Å². The lowest BCUT2D eigenvalue weighted by molar-refractivity contribution is 0.671. The minimum atomic E-state index is -0.453. The predicted octanol–water partition coefficient (Wildman–Crippen LogP) is 7.26. The van der Waals surface area contributed by atoms with E-state index in [0.717, 1.165) is 49.5 Å². The SMILES string of the molecule is Cc1nn(-c2ccccc2)c2c1C(c1ccc(Cl)cc1)=CC(C)(c1ccc(Cl)cc1)N2. The summed E-state index contributed by atoms with van der Waals surface area (Å²) in [6, 6.07) is 26.1. The van der Waals surface area contributed by atoms with E-state index in [0.29, 0.717) is 0 Å². The van der Waals surface area contributed by atoms with Crippen LogP contribution >= 0.6 is 23.2 Å². The van der Waals surface area contributed by atoms with E-state index < -0.39 is 5.54 Å². The lowest BCUT2D eigenvalue weighted by Gasteiger charge is -2.35. The molecule has 1 atom stereocenters. The lowest BCUT2D eigenvalue weighted by atomic mass is 9.82. The van der Waals surface area contributed by atoms with Gasteiger partial charge in [0.25, 0.3) is 0 Å². The molecule has 31 heavy (non-hydrogen) atoms. The third-order valence-electron chi connectivity index (χ3n) is 5.74. The number of nitrogens with one attached hydrogen (secondary N) is 1. The molecule has 0 aliphatic carbocycles. The van der Waals surface area contributed by atoms with Gasteiger partial charge >= 0.3 is 0 Å². The Hall–Kier alpha value is -3.01. The molecule has 1 aromatic heterocycles. The zero-order valence-electron chi connectivity index (χ0n) is 17.2. The highest BCUT2D eigenvalue weighted by Gasteiger charge is 2.35. The highest BCUT2D eigenvalue weighted by atomic mass is 35.5. The van der Waals surface area contributed by atoms with Crippen molar-refractivity contribution in [2.24, 2.45) is 0 Å². The van der Waals surface area contributed by atoms with Crippen molar-refractivity contribution in [3.05, 3.63) is 117 Å². The van der Waals surface area contributed by atoms with Crippen LogP contribution in [0.3, 0.4) is 0 Å². The average Bonchev–Trinajstić information content (AvgIpc) is 3.10. The summed E-state index contributed by atoms with van der Waals surface area (Å²) >= 11 is 12.3. The summed E-state index contributed by atoms with van der Waals surface area (Å²) in [4.78, 5) is 0. The molecule has 5 rings (SSSR count). The van der Waals surface area contributed by atoms with Gasteiger partial charge in [0, 0.05) is 15.6 Å². The number of aromatic nitrogens is 2. The second-order valence-corrected chi connectivity index (χ2v) is 8.83. The number of benzene rings is 3. The summed E-state index contributed by atoms with van der Waals surface area (Å²) in [5, 5.41) is 10.1. The van der Waals surface area contributed by atoms with E-state index in [4.69, 9.17) is 28.3 Å². The number of fused-ring (bicyclic) bond motifs is 1. The average molecular weight is 446 g/mol. The molecule has 1 aliphatic heterocycles. The minimum Gasteiger partial charge on any atom is -0.357 e. The second kappa shape index (κ2) is 7.60. The van der Waals surface area contributed by atoms with Crippen LogP contribution in [-0.2, 0) is 5.54 Å². The first-order valence-electron chi connectivity index (χ1n) is 10.1. The number of para-hydroxylation sites is 1. The molecule has 0 fully saturated rings. The molecule has 5 heteroatoms. The van der Waals surface area contributed by atoms with Crippen molar-refractivity contribution in [3.63, 3.8) is 0 Å². The van der Waals surface area contributed by atoms with Gasteiger partial charge in [-0.1, -0.05) is 65.7 Å². The summed E-state index contributed by atoms with van der Waals surface area (Å²) in [5.41, 5.74) is 5.96. The van der Waals surface area contributed by atoms with Gasteiger partial charge in [-0.3, -0.25) is 0 Å². The molecule has 1 N–H and O–H groups in total. The Morgan fingerprint density at radius 3 is 2.10 bits per heavy atom. The van der Waals surface area contributed by atoms with Crippen LogP contribution in [0.15, 0.2) is 84.9 Å². The topological polar surface area (TPSA) is 29.9 Å². The van der Waals surface area contributed by atoms with E-state index >= 15 is 0 Å². The molecule has 1 unspecified atom stereocenters. The van der Waals surface area contributed by atoms with Crippen molar-refractivity contribution >= 4 is 34.6 Å². The molecule has 0 saturated carbocycles. The Labute approximate surface area is 191 Å². The third kappa shape index (κ3) is 3.54. The van der Waals surface area contributed by atoms with Crippen LogP contribution in [0.1, 0.15) is 29.3 Å². The van der Waals surface area contributed by atoms with Crippen LogP contribution < -0.4 is 5.32 Å². The van der Waals surface area contributed by atoms with Gasteiger partial charge in [0.15, 0.2) is 0 Å². The zero-order chi connectivity index (χ0) is 21.6. The van der Waals surface area contributed by atoms with Crippen molar-refractivity contribution in [2.45, 2.75) is 19.4 Å². The number of rotatable bonds is 3. The standard InChI is InChI=1S/C26H21Cl2N3/c1-17-24-23(18-8-12-20(27)13-9-18)16-26(2,19-10-14-21(28)15-11-19)29-25(24)31(30-17)22-6-4-3-5-7-22/h3-16,29H,1-2H3. The molecule has 0 bridgehead atoms. The van der Waals surface area contributed by atoms with Crippen LogP contribution in [0.5, 0.6) is 0 Å². The number of hydrogen-bond acceptors (Lipinski definition) is 2. The third-order valence-corrected chi connectivity index (χ3v) is 6.24. The van der Waals surface area contributed by atoms with Crippen molar-refractivity contribution in [1.29, 1.82) is 0 Å². The van der Waals surface area contributed by atoms with Crippen LogP contribution in [0, 0.1) is 6.92 Å². The Kier molecular flexibility index (Phi) is 4.88. The highest BCUT2D eigenvalue weighted by Crippen LogP contribution is 2.44. The maximum atomic E-state index is 6.17. The van der Waals surface area contributed by atoms with E-state index in [1.807, 2.05) is 47.1 Å². The van der Waals surface area contributed by atoms with Gasteiger partial charge in [-0.25, -0.2) is 4.68 Å². The first-order valence-corrected chi connectivity index (χ1v) is 10.9. The fourth-order valence-corrected chi connectivity index (χ4v) is 4.42. The molecular formula is C26H21Cl2N3. The molecule has 4 aromatic rings. The smallest absolute Gasteiger partial charge is 0.138 e. The summed E-state index contributed by atoms with van der Waals surface area (Å²) in [7, 11) is 0. The Bertz CT molecular complexity index is 1270. The number of anilines is 1. The van der Waals surface area contributed by atoms with E-state index in [1.165, 1.54) is 0 Å². The molecule has 0 spiro atoms. The molecule has 0 amide bonds. The summed E-state index contributed by atoms with van der Waals surface area (Å²) < 4.78 is 1.99. The molecule has 3 aromatic carbocycles. The van der Waals surface area contributed by atoms with Crippen molar-refractivity contribution < 1.29 is 0 Å². The van der Waals surface area contributed by atoms with Gasteiger partial charge < -0.3 is 5.32 Å². The second-order valence-electron chi connectivity index (χ2n) is 7.96. The highest BCUT2D eigenvalue weighted by molar-refractivity contribution is 6.30. The quantitative estimate of drug-likeness (QED) is 0.359. The van der Waals surface area contributed by atoms with Crippen LogP contribution in [0.25, 0.3) is 11.3 Å². The summed E-state index contributed by atoms with van der Waals surface area (Å²) in [6.45, 7) is 4.22. The van der Waals surface area contributed by atoms with Gasteiger partial charge in [0.1, 0.15) is 5.82 Å². The van der Waals surface area contributed by atoms with E-state index in [1.54, 1.807) is 0 Å². The normalized spacial score (nSPS) is 17.6. The predicted molar refractivity (Wildman–Crippen MR) is 129 cm³/mol. The van der Waals surface area contributed by atoms with Crippen LogP contribution in [-0.4, -0.2) is 9.78 Å². The first-order chi connectivity index (χ1) is 14.9. The van der Waals surface area contributed by atoms with Crippen LogP contribution in [0.2, 0.25) is 10.0 Å². The van der Waals surface area contributed by atoms with Crippen molar-refractivity contribution in [1.82, 2.24) is 9.78 Å². The molecule has 154 valence electrons. The van der Waals surface area contributed by atoms with Gasteiger partial charge in [-0.15, -0.1) is 0 Å². The maximum absolute atomic E-state index is 6.17. The zero-order valence-corrected chi connectivity index (χ0v) is 18.7. The number of hydrogen-bond donors (Lipinski definition) is 1. The largest absolute Gasteiger partial charge is 0.357 e. The molecule has 1 aliphatic rings. The van der Waals surface area contributed by atoms with Crippen LogP contribution in [0.4, 0.5) is 5.82 Å². The minimum absolute atomic E-state index is 0.453. The Balaban J connectivity index is 1.75. The fraction of sp³-hybridized carbons (Fsp3) is 0.115. The maximum Gasteiger partial charge on any atom is 0.138 e. The van der Waals surface area contributed by atoms with E-state index in [-0.39, 0.29) is 0 Å². The molecule has 0 radical (unpaired) electrons. The summed E-state index contributed by atoms with van der Waals surface area (Å²) in [5.74, 6) is 0.966. The first kappa shape index (κ1) is 19.9. The fourth-order valence-electron chi connectivity index (χ4n) is 4.17. The lowest BCUT2D eigenvalue weighted by Crippen LogP contribution is -2.34.